The number of phenols is 1. The number of aliphatic imine (C=N–C) groups is 1. The third-order valence-electron chi connectivity index (χ3n) is 3.91. The Kier molecular flexibility index (Phi) is 4.67. The Morgan fingerprint density at radius 3 is 2.42 bits per heavy atom. The summed E-state index contributed by atoms with van der Waals surface area (Å²) in [5.41, 5.74) is 2.23. The van der Waals surface area contributed by atoms with Gasteiger partial charge in [0.15, 0.2) is 17.4 Å². The maximum Gasteiger partial charge on any atom is 0.277 e. The summed E-state index contributed by atoms with van der Waals surface area (Å²) in [6.45, 7) is 1.98. The van der Waals surface area contributed by atoms with Crippen LogP contribution in [0.5, 0.6) is 5.75 Å². The number of carbonyl (C=O) groups is 1. The third kappa shape index (κ3) is 3.54. The molecule has 26 heavy (non-hydrogen) atoms. The number of rotatable bonds is 3. The van der Waals surface area contributed by atoms with Crippen molar-refractivity contribution in [3.8, 4) is 5.75 Å². The van der Waals surface area contributed by atoms with Gasteiger partial charge < -0.3 is 5.11 Å². The van der Waals surface area contributed by atoms with Crippen LogP contribution in [0.15, 0.2) is 53.2 Å². The van der Waals surface area contributed by atoms with E-state index in [0.717, 1.165) is 23.3 Å². The molecule has 6 heteroatoms. The lowest BCUT2D eigenvalue weighted by molar-refractivity contribution is -0.121. The molecule has 0 aliphatic carbocycles. The molecule has 0 unspecified atom stereocenters. The van der Waals surface area contributed by atoms with Crippen molar-refractivity contribution >= 4 is 23.9 Å². The second kappa shape index (κ2) is 6.92. The normalized spacial score (nSPS) is 16.0. The molecule has 0 spiro atoms. The number of likely N-dealkylation sites (N-methyl/N-ethyl adjacent to an activating group) is 1. The number of halogens is 2. The minimum Gasteiger partial charge on any atom is -0.503 e. The monoisotopic (exact) mass is 354 g/mol. The highest BCUT2D eigenvalue weighted by atomic mass is 19.1. The number of amides is 1. The molecule has 0 bridgehead atoms. The number of aryl methyl sites for hydroxylation is 1. The summed E-state index contributed by atoms with van der Waals surface area (Å²) in [5, 5.41) is 9.14. The summed E-state index contributed by atoms with van der Waals surface area (Å²) in [6, 6.07) is 9.71. The molecule has 0 saturated carbocycles. The minimum absolute atomic E-state index is 0.0564. The Morgan fingerprint density at radius 2 is 1.77 bits per heavy atom. The Bertz CT molecular complexity index is 955. The van der Waals surface area contributed by atoms with Gasteiger partial charge in [-0.3, -0.25) is 9.69 Å². The first kappa shape index (κ1) is 17.5. The summed E-state index contributed by atoms with van der Waals surface area (Å²) in [5.74, 6) is -3.21. The highest BCUT2D eigenvalue weighted by Gasteiger charge is 2.25. The second-order valence-corrected chi connectivity index (χ2v) is 5.94. The molecule has 1 heterocycles. The molecule has 4 nitrogen and oxygen atoms in total. The predicted octanol–water partition coefficient (Wildman–Crippen LogP) is 3.90. The van der Waals surface area contributed by atoms with Crippen LogP contribution in [0.4, 0.5) is 8.78 Å². The first-order valence-electron chi connectivity index (χ1n) is 7.86. The fourth-order valence-corrected chi connectivity index (χ4v) is 2.54. The molecule has 2 aromatic rings. The number of benzene rings is 2. The molecule has 0 atom stereocenters. The summed E-state index contributed by atoms with van der Waals surface area (Å²) < 4.78 is 26.9. The molecule has 0 radical (unpaired) electrons. The standard InChI is InChI=1S/C20H16F2N2O2/c1-12-4-3-5-13(8-12)6-7-18-23-17(20(26)24(18)2)11-14-9-15(21)19(25)16(22)10-14/h3-11,25H,1-2H3/b7-6+,17-11-. The SMILES string of the molecule is Cc1cccc(/C=C/C2=NC(=C\c3cc(F)c(O)c(F)c3)/C(=O)N2C)c1. The first-order chi connectivity index (χ1) is 12.3. The van der Waals surface area contributed by atoms with Crippen LogP contribution in [0.3, 0.4) is 0 Å². The average Bonchev–Trinajstić information content (AvgIpc) is 2.86. The number of amidine groups is 1. The topological polar surface area (TPSA) is 52.9 Å². The molecule has 0 aromatic heterocycles. The fourth-order valence-electron chi connectivity index (χ4n) is 2.54. The number of nitrogens with zero attached hydrogens (tertiary/aromatic N) is 2. The van der Waals surface area contributed by atoms with E-state index < -0.39 is 17.4 Å². The Balaban J connectivity index is 1.91. The highest BCUT2D eigenvalue weighted by molar-refractivity contribution is 6.18. The van der Waals surface area contributed by atoms with Gasteiger partial charge in [-0.25, -0.2) is 13.8 Å². The zero-order valence-electron chi connectivity index (χ0n) is 14.2. The van der Waals surface area contributed by atoms with Crippen molar-refractivity contribution in [2.24, 2.45) is 4.99 Å². The number of phenolic OH excluding ortho intramolecular Hbond substituents is 1. The van der Waals surface area contributed by atoms with E-state index in [2.05, 4.69) is 4.99 Å². The van der Waals surface area contributed by atoms with Crippen molar-refractivity contribution in [2.45, 2.75) is 6.92 Å². The van der Waals surface area contributed by atoms with Gasteiger partial charge in [0.1, 0.15) is 11.5 Å². The van der Waals surface area contributed by atoms with Gasteiger partial charge in [0.05, 0.1) is 0 Å². The number of carbonyl (C=O) groups excluding carboxylic acids is 1. The van der Waals surface area contributed by atoms with Gasteiger partial charge >= 0.3 is 0 Å². The van der Waals surface area contributed by atoms with Crippen LogP contribution in [-0.4, -0.2) is 28.8 Å². The maximum absolute atomic E-state index is 13.4. The molecule has 0 saturated heterocycles. The van der Waals surface area contributed by atoms with Gasteiger partial charge in [-0.05, 0) is 42.3 Å². The van der Waals surface area contributed by atoms with Gasteiger partial charge in [-0.2, -0.15) is 0 Å². The second-order valence-electron chi connectivity index (χ2n) is 5.94. The summed E-state index contributed by atoms with van der Waals surface area (Å²) in [7, 11) is 1.57. The van der Waals surface area contributed by atoms with Crippen LogP contribution in [0.2, 0.25) is 0 Å². The van der Waals surface area contributed by atoms with Crippen molar-refractivity contribution in [1.82, 2.24) is 4.90 Å². The van der Waals surface area contributed by atoms with E-state index in [1.165, 1.54) is 11.0 Å². The Hall–Kier alpha value is -3.28. The minimum atomic E-state index is -1.10. The van der Waals surface area contributed by atoms with Crippen molar-refractivity contribution in [3.63, 3.8) is 0 Å². The van der Waals surface area contributed by atoms with Crippen LogP contribution in [0.25, 0.3) is 12.2 Å². The quantitative estimate of drug-likeness (QED) is 0.850. The van der Waals surface area contributed by atoms with E-state index in [1.54, 1.807) is 13.1 Å². The van der Waals surface area contributed by atoms with Crippen LogP contribution >= 0.6 is 0 Å². The maximum atomic E-state index is 13.4. The van der Waals surface area contributed by atoms with E-state index in [1.807, 2.05) is 37.3 Å². The van der Waals surface area contributed by atoms with Crippen LogP contribution in [-0.2, 0) is 4.79 Å². The summed E-state index contributed by atoms with van der Waals surface area (Å²) >= 11 is 0. The lowest BCUT2D eigenvalue weighted by atomic mass is 10.1. The van der Waals surface area contributed by atoms with Gasteiger partial charge in [-0.1, -0.05) is 35.9 Å². The molecular weight excluding hydrogens is 338 g/mol. The summed E-state index contributed by atoms with van der Waals surface area (Å²) in [4.78, 5) is 17.9. The van der Waals surface area contributed by atoms with E-state index in [4.69, 9.17) is 5.11 Å². The van der Waals surface area contributed by atoms with Crippen LogP contribution < -0.4 is 0 Å². The predicted molar refractivity (Wildman–Crippen MR) is 96.4 cm³/mol. The fraction of sp³-hybridized carbons (Fsp3) is 0.100. The van der Waals surface area contributed by atoms with Gasteiger partial charge in [-0.15, -0.1) is 0 Å². The molecule has 132 valence electrons. The molecule has 2 aromatic carbocycles. The molecule has 1 aliphatic rings. The van der Waals surface area contributed by atoms with E-state index in [-0.39, 0.29) is 17.2 Å². The lowest BCUT2D eigenvalue weighted by Gasteiger charge is -2.07. The first-order valence-corrected chi connectivity index (χ1v) is 7.86. The Morgan fingerprint density at radius 1 is 1.08 bits per heavy atom. The number of hydrogen-bond donors (Lipinski definition) is 1. The number of hydrogen-bond acceptors (Lipinski definition) is 3. The molecular formula is C20H16F2N2O2. The highest BCUT2D eigenvalue weighted by Crippen LogP contribution is 2.24. The van der Waals surface area contributed by atoms with Crippen LogP contribution in [0, 0.1) is 18.6 Å². The molecule has 3 rings (SSSR count). The van der Waals surface area contributed by atoms with Gasteiger partial charge in [0.25, 0.3) is 5.91 Å². The molecule has 1 amide bonds. The number of aromatic hydroxyl groups is 1. The van der Waals surface area contributed by atoms with E-state index in [0.29, 0.717) is 5.84 Å². The lowest BCUT2D eigenvalue weighted by Crippen LogP contribution is -2.26. The molecule has 1 aliphatic heterocycles. The van der Waals surface area contributed by atoms with Crippen LogP contribution in [0.1, 0.15) is 16.7 Å². The Labute approximate surface area is 149 Å². The largest absolute Gasteiger partial charge is 0.503 e. The smallest absolute Gasteiger partial charge is 0.277 e. The van der Waals surface area contributed by atoms with E-state index in [9.17, 15) is 13.6 Å². The van der Waals surface area contributed by atoms with E-state index >= 15 is 0 Å². The van der Waals surface area contributed by atoms with Crippen molar-refractivity contribution in [2.75, 3.05) is 7.05 Å². The van der Waals surface area contributed by atoms with Crippen molar-refractivity contribution in [1.29, 1.82) is 0 Å². The third-order valence-corrected chi connectivity index (χ3v) is 3.91. The van der Waals surface area contributed by atoms with Crippen molar-refractivity contribution in [3.05, 3.63) is 76.5 Å². The zero-order chi connectivity index (χ0) is 18.8. The molecule has 0 fully saturated rings. The summed E-state index contributed by atoms with van der Waals surface area (Å²) in [6.07, 6.45) is 4.81. The van der Waals surface area contributed by atoms with Gasteiger partial charge in [0, 0.05) is 7.05 Å². The average molecular weight is 354 g/mol. The molecule has 1 N–H and O–H groups in total. The van der Waals surface area contributed by atoms with Gasteiger partial charge in [0.2, 0.25) is 0 Å². The zero-order valence-corrected chi connectivity index (χ0v) is 14.2. The van der Waals surface area contributed by atoms with Crippen molar-refractivity contribution < 1.29 is 18.7 Å².